The molecule has 2 rings (SSSR count). The minimum atomic E-state index is 0.147. The van der Waals surface area contributed by atoms with Crippen molar-refractivity contribution in [3.05, 3.63) is 29.3 Å². The van der Waals surface area contributed by atoms with Crippen LogP contribution in [-0.2, 0) is 12.8 Å². The van der Waals surface area contributed by atoms with Crippen molar-refractivity contribution in [2.45, 2.75) is 44.6 Å². The molecule has 1 aromatic carbocycles. The Balaban J connectivity index is 2.12. The third-order valence-electron chi connectivity index (χ3n) is 3.59. The second kappa shape index (κ2) is 4.46. The summed E-state index contributed by atoms with van der Waals surface area (Å²) >= 11 is 0. The van der Waals surface area contributed by atoms with Gasteiger partial charge in [0.1, 0.15) is 5.75 Å². The number of methoxy groups -OCH3 is 1. The molecule has 1 fully saturated rings. The number of ether oxygens (including phenoxy) is 1. The van der Waals surface area contributed by atoms with Crippen LogP contribution in [-0.4, -0.2) is 12.6 Å². The van der Waals surface area contributed by atoms with Crippen LogP contribution in [0, 0.1) is 0 Å². The van der Waals surface area contributed by atoms with Gasteiger partial charge in [0.2, 0.25) is 0 Å². The van der Waals surface area contributed by atoms with Crippen molar-refractivity contribution >= 4 is 0 Å². The average Bonchev–Trinajstić information content (AvgIpc) is 3.04. The zero-order valence-electron chi connectivity index (χ0n) is 10.3. The molecule has 16 heavy (non-hydrogen) atoms. The van der Waals surface area contributed by atoms with E-state index in [9.17, 15) is 0 Å². The van der Waals surface area contributed by atoms with Gasteiger partial charge in [-0.1, -0.05) is 19.1 Å². The van der Waals surface area contributed by atoms with Gasteiger partial charge in [-0.25, -0.2) is 0 Å². The van der Waals surface area contributed by atoms with Crippen molar-refractivity contribution in [1.29, 1.82) is 0 Å². The first kappa shape index (κ1) is 11.5. The largest absolute Gasteiger partial charge is 0.496 e. The summed E-state index contributed by atoms with van der Waals surface area (Å²) in [5, 5.41) is 0. The van der Waals surface area contributed by atoms with Crippen LogP contribution in [0.2, 0.25) is 0 Å². The molecule has 1 aliphatic rings. The van der Waals surface area contributed by atoms with Crippen LogP contribution in [0.4, 0.5) is 0 Å². The highest BCUT2D eigenvalue weighted by Gasteiger charge is 2.37. The Hall–Kier alpha value is -1.02. The molecule has 2 heteroatoms. The average molecular weight is 219 g/mol. The third-order valence-corrected chi connectivity index (χ3v) is 3.59. The van der Waals surface area contributed by atoms with E-state index >= 15 is 0 Å². The van der Waals surface area contributed by atoms with Gasteiger partial charge >= 0.3 is 0 Å². The van der Waals surface area contributed by atoms with Gasteiger partial charge in [0.05, 0.1) is 7.11 Å². The predicted octanol–water partition coefficient (Wildman–Crippen LogP) is 2.68. The Labute approximate surface area is 97.8 Å². The summed E-state index contributed by atoms with van der Waals surface area (Å²) in [4.78, 5) is 0. The molecular formula is C14H21NO. The number of aryl methyl sites for hydroxylation is 1. The lowest BCUT2D eigenvalue weighted by atomic mass is 9.97. The molecule has 0 radical (unpaired) electrons. The van der Waals surface area contributed by atoms with Gasteiger partial charge in [-0.15, -0.1) is 0 Å². The lowest BCUT2D eigenvalue weighted by Crippen LogP contribution is -2.22. The van der Waals surface area contributed by atoms with E-state index in [1.165, 1.54) is 24.0 Å². The van der Waals surface area contributed by atoms with Crippen LogP contribution >= 0.6 is 0 Å². The van der Waals surface area contributed by atoms with E-state index in [1.54, 1.807) is 7.11 Å². The quantitative estimate of drug-likeness (QED) is 0.826. The van der Waals surface area contributed by atoms with Gasteiger partial charge in [-0.05, 0) is 49.3 Å². The van der Waals surface area contributed by atoms with E-state index in [0.717, 1.165) is 25.0 Å². The molecule has 1 aromatic rings. The summed E-state index contributed by atoms with van der Waals surface area (Å²) in [5.41, 5.74) is 9.02. The van der Waals surface area contributed by atoms with Crippen LogP contribution in [0.25, 0.3) is 0 Å². The smallest absolute Gasteiger partial charge is 0.122 e. The Morgan fingerprint density at radius 2 is 2.12 bits per heavy atom. The first-order valence-electron chi connectivity index (χ1n) is 6.12. The van der Waals surface area contributed by atoms with Crippen molar-refractivity contribution in [2.75, 3.05) is 7.11 Å². The number of nitrogens with two attached hydrogens (primary N) is 1. The van der Waals surface area contributed by atoms with Crippen molar-refractivity contribution in [2.24, 2.45) is 5.73 Å². The SMILES string of the molecule is CCc1c(CCC2(N)CC2)cccc1OC. The van der Waals surface area contributed by atoms with Gasteiger partial charge in [-0.3, -0.25) is 0 Å². The maximum Gasteiger partial charge on any atom is 0.122 e. The fraction of sp³-hybridized carbons (Fsp3) is 0.571. The molecule has 2 nitrogen and oxygen atoms in total. The monoisotopic (exact) mass is 219 g/mol. The fourth-order valence-corrected chi connectivity index (χ4v) is 2.23. The molecule has 0 atom stereocenters. The predicted molar refractivity (Wildman–Crippen MR) is 66.8 cm³/mol. The minimum absolute atomic E-state index is 0.147. The minimum Gasteiger partial charge on any atom is -0.496 e. The molecule has 88 valence electrons. The van der Waals surface area contributed by atoms with E-state index in [4.69, 9.17) is 10.5 Å². The molecular weight excluding hydrogens is 198 g/mol. The maximum atomic E-state index is 6.13. The van der Waals surface area contributed by atoms with Crippen molar-refractivity contribution in [3.63, 3.8) is 0 Å². The van der Waals surface area contributed by atoms with Crippen molar-refractivity contribution in [3.8, 4) is 5.75 Å². The summed E-state index contributed by atoms with van der Waals surface area (Å²) in [6, 6.07) is 6.31. The van der Waals surface area contributed by atoms with Gasteiger partial charge in [0.15, 0.2) is 0 Å². The Bertz CT molecular complexity index is 369. The molecule has 1 aliphatic carbocycles. The van der Waals surface area contributed by atoms with E-state index in [2.05, 4.69) is 19.1 Å². The van der Waals surface area contributed by atoms with Crippen LogP contribution in [0.15, 0.2) is 18.2 Å². The van der Waals surface area contributed by atoms with Crippen LogP contribution in [0.1, 0.15) is 37.3 Å². The maximum absolute atomic E-state index is 6.13. The van der Waals surface area contributed by atoms with Gasteiger partial charge in [0.25, 0.3) is 0 Å². The molecule has 0 aliphatic heterocycles. The number of hydrogen-bond acceptors (Lipinski definition) is 2. The Morgan fingerprint density at radius 1 is 1.38 bits per heavy atom. The molecule has 0 saturated heterocycles. The van der Waals surface area contributed by atoms with Crippen LogP contribution in [0.3, 0.4) is 0 Å². The van der Waals surface area contributed by atoms with Crippen LogP contribution in [0.5, 0.6) is 5.75 Å². The van der Waals surface area contributed by atoms with E-state index in [0.29, 0.717) is 0 Å². The summed E-state index contributed by atoms with van der Waals surface area (Å²) in [7, 11) is 1.74. The summed E-state index contributed by atoms with van der Waals surface area (Å²) in [5.74, 6) is 1.02. The Morgan fingerprint density at radius 3 is 2.69 bits per heavy atom. The second-order valence-corrected chi connectivity index (χ2v) is 4.81. The van der Waals surface area contributed by atoms with E-state index in [-0.39, 0.29) is 5.54 Å². The second-order valence-electron chi connectivity index (χ2n) is 4.81. The van der Waals surface area contributed by atoms with Crippen LogP contribution < -0.4 is 10.5 Å². The zero-order valence-corrected chi connectivity index (χ0v) is 10.3. The summed E-state index contributed by atoms with van der Waals surface area (Å²) in [6.45, 7) is 2.18. The Kier molecular flexibility index (Phi) is 3.20. The fourth-order valence-electron chi connectivity index (χ4n) is 2.23. The highest BCUT2D eigenvalue weighted by molar-refractivity contribution is 5.40. The highest BCUT2D eigenvalue weighted by Crippen LogP contribution is 2.37. The molecule has 0 bridgehead atoms. The molecule has 0 unspecified atom stereocenters. The molecule has 0 aromatic heterocycles. The molecule has 0 spiro atoms. The third kappa shape index (κ3) is 2.38. The van der Waals surface area contributed by atoms with E-state index in [1.807, 2.05) is 6.07 Å². The van der Waals surface area contributed by atoms with Gasteiger partial charge < -0.3 is 10.5 Å². The topological polar surface area (TPSA) is 35.2 Å². The first-order valence-corrected chi connectivity index (χ1v) is 6.12. The molecule has 0 amide bonds. The standard InChI is InChI=1S/C14H21NO/c1-3-12-11(5-4-6-13(12)16-2)7-8-14(15)9-10-14/h4-6H,3,7-10,15H2,1-2H3. The number of hydrogen-bond donors (Lipinski definition) is 1. The van der Waals surface area contributed by atoms with E-state index < -0.39 is 0 Å². The molecule has 1 saturated carbocycles. The van der Waals surface area contributed by atoms with Gasteiger partial charge in [0, 0.05) is 5.54 Å². The number of rotatable bonds is 5. The summed E-state index contributed by atoms with van der Waals surface area (Å²) in [6.07, 6.45) is 5.60. The van der Waals surface area contributed by atoms with Gasteiger partial charge in [-0.2, -0.15) is 0 Å². The lowest BCUT2D eigenvalue weighted by Gasteiger charge is -2.14. The zero-order chi connectivity index (χ0) is 11.6. The number of benzene rings is 1. The van der Waals surface area contributed by atoms with Crippen molar-refractivity contribution in [1.82, 2.24) is 0 Å². The molecule has 2 N–H and O–H groups in total. The summed E-state index contributed by atoms with van der Waals surface area (Å²) < 4.78 is 5.39. The normalized spacial score (nSPS) is 17.2. The lowest BCUT2D eigenvalue weighted by molar-refractivity contribution is 0.409. The molecule has 0 heterocycles. The van der Waals surface area contributed by atoms with Crippen molar-refractivity contribution < 1.29 is 4.74 Å². The first-order chi connectivity index (χ1) is 7.68. The highest BCUT2D eigenvalue weighted by atomic mass is 16.5.